The molecule has 2 rings (SSSR count). The number of H-pyrrole nitrogens is 2. The summed E-state index contributed by atoms with van der Waals surface area (Å²) in [4.78, 5) is 30.1. The molecule has 0 amide bonds. The van der Waals surface area contributed by atoms with Gasteiger partial charge in [-0.3, -0.25) is 14.5 Å². The molecule has 0 aliphatic carbocycles. The zero-order chi connectivity index (χ0) is 16.5. The molecular formula is C11H16N6O4S. The van der Waals surface area contributed by atoms with E-state index in [9.17, 15) is 18.0 Å². The molecule has 0 radical (unpaired) electrons. The van der Waals surface area contributed by atoms with Gasteiger partial charge in [-0.05, 0) is 5.92 Å². The predicted molar refractivity (Wildman–Crippen MR) is 76.6 cm³/mol. The monoisotopic (exact) mass is 328 g/mol. The number of rotatable bonds is 5. The van der Waals surface area contributed by atoms with Crippen LogP contribution in [0.5, 0.6) is 0 Å². The summed E-state index contributed by atoms with van der Waals surface area (Å²) in [6.45, 7) is 3.61. The summed E-state index contributed by atoms with van der Waals surface area (Å²) in [7, 11) is -2.50. The van der Waals surface area contributed by atoms with Gasteiger partial charge in [0.15, 0.2) is 4.90 Å². The average Bonchev–Trinajstić information content (AvgIpc) is 2.81. The number of sulfonamides is 1. The number of aryl methyl sites for hydroxylation is 1. The number of hydrogen-bond donors (Lipinski definition) is 3. The van der Waals surface area contributed by atoms with Gasteiger partial charge in [-0.15, -0.1) is 0 Å². The van der Waals surface area contributed by atoms with Crippen molar-refractivity contribution in [3.63, 3.8) is 0 Å². The van der Waals surface area contributed by atoms with Crippen molar-refractivity contribution in [2.75, 3.05) is 0 Å². The topological polar surface area (TPSA) is 143 Å². The van der Waals surface area contributed by atoms with Gasteiger partial charge < -0.3 is 4.98 Å². The van der Waals surface area contributed by atoms with E-state index in [2.05, 4.69) is 19.8 Å². The van der Waals surface area contributed by atoms with E-state index in [1.54, 1.807) is 20.9 Å². The Hall–Kier alpha value is -2.27. The quantitative estimate of drug-likeness (QED) is 0.633. The Balaban J connectivity index is 2.43. The minimum Gasteiger partial charge on any atom is -0.313 e. The fraction of sp³-hybridized carbons (Fsp3) is 0.455. The van der Waals surface area contributed by atoms with Gasteiger partial charge in [-0.25, -0.2) is 18.2 Å². The Labute approximate surface area is 125 Å². The Morgan fingerprint density at radius 3 is 2.50 bits per heavy atom. The van der Waals surface area contributed by atoms with Crippen LogP contribution in [0.2, 0.25) is 0 Å². The number of nitrogens with zero attached hydrogens (tertiary/aromatic N) is 3. The van der Waals surface area contributed by atoms with Gasteiger partial charge >= 0.3 is 5.69 Å². The van der Waals surface area contributed by atoms with Crippen LogP contribution in [0.3, 0.4) is 0 Å². The van der Waals surface area contributed by atoms with Crippen molar-refractivity contribution in [2.45, 2.75) is 24.8 Å². The van der Waals surface area contributed by atoms with Crippen molar-refractivity contribution in [3.05, 3.63) is 39.2 Å². The molecule has 0 aromatic carbocycles. The average molecular weight is 328 g/mol. The van der Waals surface area contributed by atoms with E-state index in [1.807, 2.05) is 4.98 Å². The van der Waals surface area contributed by atoms with Crippen molar-refractivity contribution in [2.24, 2.45) is 13.0 Å². The molecule has 2 aromatic heterocycles. The maximum Gasteiger partial charge on any atom is 0.325 e. The van der Waals surface area contributed by atoms with Crippen LogP contribution in [0.25, 0.3) is 0 Å². The molecule has 0 fully saturated rings. The van der Waals surface area contributed by atoms with E-state index in [-0.39, 0.29) is 5.92 Å². The summed E-state index contributed by atoms with van der Waals surface area (Å²) >= 11 is 0. The number of nitrogens with one attached hydrogen (secondary N) is 3. The minimum absolute atomic E-state index is 0.139. The van der Waals surface area contributed by atoms with Crippen LogP contribution in [0.15, 0.2) is 27.0 Å². The van der Waals surface area contributed by atoms with Crippen LogP contribution in [0, 0.1) is 5.92 Å². The third-order valence-corrected chi connectivity index (χ3v) is 4.49. The summed E-state index contributed by atoms with van der Waals surface area (Å²) in [6, 6.07) is -0.677. The minimum atomic E-state index is -4.14. The molecule has 1 atom stereocenters. The normalized spacial score (nSPS) is 13.5. The maximum atomic E-state index is 12.4. The molecule has 0 aliphatic heterocycles. The first-order valence-electron chi connectivity index (χ1n) is 6.40. The molecule has 120 valence electrons. The van der Waals surface area contributed by atoms with Gasteiger partial charge in [0.05, 0.1) is 6.04 Å². The van der Waals surface area contributed by atoms with E-state index in [0.717, 1.165) is 6.20 Å². The van der Waals surface area contributed by atoms with E-state index in [1.165, 1.54) is 11.0 Å². The van der Waals surface area contributed by atoms with E-state index >= 15 is 0 Å². The third kappa shape index (κ3) is 3.14. The molecular weight excluding hydrogens is 312 g/mol. The van der Waals surface area contributed by atoms with Crippen molar-refractivity contribution in [3.8, 4) is 0 Å². The van der Waals surface area contributed by atoms with Crippen LogP contribution >= 0.6 is 0 Å². The molecule has 0 saturated heterocycles. The summed E-state index contributed by atoms with van der Waals surface area (Å²) in [5.41, 5.74) is -1.77. The summed E-state index contributed by atoms with van der Waals surface area (Å²) < 4.78 is 28.6. The Kier molecular flexibility index (Phi) is 4.28. The van der Waals surface area contributed by atoms with Crippen molar-refractivity contribution in [1.29, 1.82) is 0 Å². The van der Waals surface area contributed by atoms with Crippen LogP contribution in [0.1, 0.15) is 25.7 Å². The largest absolute Gasteiger partial charge is 0.325 e. The van der Waals surface area contributed by atoms with Crippen LogP contribution < -0.4 is 16.0 Å². The fourth-order valence-electron chi connectivity index (χ4n) is 1.90. The molecule has 10 nitrogen and oxygen atoms in total. The van der Waals surface area contributed by atoms with Crippen LogP contribution in [-0.2, 0) is 17.1 Å². The lowest BCUT2D eigenvalue weighted by Gasteiger charge is -2.20. The van der Waals surface area contributed by atoms with E-state index < -0.39 is 32.2 Å². The Morgan fingerprint density at radius 2 is 2.00 bits per heavy atom. The van der Waals surface area contributed by atoms with Crippen LogP contribution in [-0.4, -0.2) is 33.2 Å². The summed E-state index contributed by atoms with van der Waals surface area (Å²) in [5, 5.41) is 3.91. The highest BCUT2D eigenvalue weighted by atomic mass is 32.2. The van der Waals surface area contributed by atoms with Crippen molar-refractivity contribution in [1.82, 2.24) is 29.5 Å². The highest BCUT2D eigenvalue weighted by Crippen LogP contribution is 2.21. The summed E-state index contributed by atoms with van der Waals surface area (Å²) in [6.07, 6.45) is 2.17. The smallest absolute Gasteiger partial charge is 0.313 e. The van der Waals surface area contributed by atoms with E-state index in [4.69, 9.17) is 0 Å². The second-order valence-electron chi connectivity index (χ2n) is 5.02. The molecule has 0 bridgehead atoms. The molecule has 22 heavy (non-hydrogen) atoms. The number of hydrogen-bond acceptors (Lipinski definition) is 6. The summed E-state index contributed by atoms with van der Waals surface area (Å²) in [5.74, 6) is 0.277. The van der Waals surface area contributed by atoms with Gasteiger partial charge in [0.1, 0.15) is 12.2 Å². The van der Waals surface area contributed by atoms with Gasteiger partial charge in [0.25, 0.3) is 5.56 Å². The standard InChI is InChI=1S/C11H16N6O4S/c1-6(2)8(9-13-5-14-17(9)3)16-22(20,21)7-4-12-11(19)15-10(7)18/h4-6,8,16H,1-3H3,(H2,12,15,18,19)/t8-/m0/s1. The molecule has 11 heteroatoms. The van der Waals surface area contributed by atoms with Crippen molar-refractivity contribution < 1.29 is 8.42 Å². The first-order valence-corrected chi connectivity index (χ1v) is 7.89. The van der Waals surface area contributed by atoms with Gasteiger partial charge in [-0.2, -0.15) is 9.82 Å². The Morgan fingerprint density at radius 1 is 1.32 bits per heavy atom. The highest BCUT2D eigenvalue weighted by molar-refractivity contribution is 7.89. The van der Waals surface area contributed by atoms with Crippen LogP contribution in [0.4, 0.5) is 0 Å². The Bertz CT molecular complexity index is 878. The molecule has 0 saturated carbocycles. The second-order valence-corrected chi connectivity index (χ2v) is 6.70. The zero-order valence-corrected chi connectivity index (χ0v) is 13.0. The maximum absolute atomic E-state index is 12.4. The predicted octanol–water partition coefficient (Wildman–Crippen LogP) is -1.13. The first kappa shape index (κ1) is 16.1. The molecule has 0 aliphatic rings. The van der Waals surface area contributed by atoms with Crippen molar-refractivity contribution >= 4 is 10.0 Å². The second kappa shape index (κ2) is 5.85. The lowest BCUT2D eigenvalue weighted by atomic mass is 10.1. The lowest BCUT2D eigenvalue weighted by Crippen LogP contribution is -2.37. The van der Waals surface area contributed by atoms with Gasteiger partial charge in [-0.1, -0.05) is 13.8 Å². The van der Waals surface area contributed by atoms with E-state index in [0.29, 0.717) is 5.82 Å². The number of aromatic nitrogens is 5. The molecule has 3 N–H and O–H groups in total. The lowest BCUT2D eigenvalue weighted by molar-refractivity contribution is 0.428. The zero-order valence-electron chi connectivity index (χ0n) is 12.2. The first-order chi connectivity index (χ1) is 10.2. The molecule has 0 spiro atoms. The fourth-order valence-corrected chi connectivity index (χ4v) is 3.25. The SMILES string of the molecule is CC(C)[C@H](NS(=O)(=O)c1c[nH]c(=O)[nH]c1=O)c1ncnn1C. The third-order valence-electron chi connectivity index (χ3n) is 3.05. The van der Waals surface area contributed by atoms with Gasteiger partial charge in [0, 0.05) is 13.2 Å². The number of aromatic amines is 2. The molecule has 0 unspecified atom stereocenters. The molecule has 2 aromatic rings. The van der Waals surface area contributed by atoms with Gasteiger partial charge in [0.2, 0.25) is 10.0 Å². The molecule has 2 heterocycles. The highest BCUT2D eigenvalue weighted by Gasteiger charge is 2.28.